The van der Waals surface area contributed by atoms with Crippen molar-refractivity contribution < 1.29 is 14.6 Å². The van der Waals surface area contributed by atoms with E-state index in [1.807, 2.05) is 0 Å². The fraction of sp³-hybridized carbons (Fsp3) is 0.350. The number of ether oxygens (including phenoxy) is 1. The molecule has 2 aliphatic carbocycles. The van der Waals surface area contributed by atoms with Crippen LogP contribution in [0.25, 0.3) is 0 Å². The van der Waals surface area contributed by atoms with Gasteiger partial charge in [0, 0.05) is 0 Å². The Balaban J connectivity index is 1.83. The minimum atomic E-state index is -0.220. The summed E-state index contributed by atoms with van der Waals surface area (Å²) in [6.45, 7) is 0.443. The molecule has 3 nitrogen and oxygen atoms in total. The van der Waals surface area contributed by atoms with E-state index in [1.54, 1.807) is 12.1 Å². The van der Waals surface area contributed by atoms with Crippen molar-refractivity contribution in [1.82, 2.24) is 0 Å². The topological polar surface area (TPSA) is 46.5 Å². The summed E-state index contributed by atoms with van der Waals surface area (Å²) in [5.74, 6) is 0.156. The Kier molecular flexibility index (Phi) is 5.41. The molecule has 2 aliphatic rings. The van der Waals surface area contributed by atoms with Crippen molar-refractivity contribution in [2.24, 2.45) is 0 Å². The Morgan fingerprint density at radius 3 is 2.79 bits per heavy atom. The number of aromatic hydroxyl groups is 1. The summed E-state index contributed by atoms with van der Waals surface area (Å²) in [7, 11) is 0. The van der Waals surface area contributed by atoms with Gasteiger partial charge >= 0.3 is 0 Å². The van der Waals surface area contributed by atoms with Gasteiger partial charge in [-0.1, -0.05) is 29.8 Å². The van der Waals surface area contributed by atoms with Crippen molar-refractivity contribution in [1.29, 1.82) is 0 Å². The molecule has 0 unspecified atom stereocenters. The third-order valence-electron chi connectivity index (χ3n) is 4.63. The van der Waals surface area contributed by atoms with Crippen LogP contribution in [0.15, 0.2) is 47.1 Å². The average Bonchev–Trinajstić information content (AvgIpc) is 2.63. The number of benzene rings is 1. The smallest absolute Gasteiger partial charge is 0.157 e. The van der Waals surface area contributed by atoms with Crippen LogP contribution in [0.4, 0.5) is 0 Å². The van der Waals surface area contributed by atoms with Gasteiger partial charge in [0.2, 0.25) is 0 Å². The second kappa shape index (κ2) is 7.71. The number of hydrogen-bond donors (Lipinski definition) is 1. The molecule has 126 valence electrons. The summed E-state index contributed by atoms with van der Waals surface area (Å²) in [4.78, 5) is 11.2. The number of carbonyl (C=O) groups excluding carboxylic acids is 1. The van der Waals surface area contributed by atoms with Gasteiger partial charge in [-0.25, -0.2) is 0 Å². The zero-order chi connectivity index (χ0) is 16.9. The van der Waals surface area contributed by atoms with E-state index in [2.05, 4.69) is 18.2 Å². The van der Waals surface area contributed by atoms with E-state index in [-0.39, 0.29) is 16.3 Å². The van der Waals surface area contributed by atoms with Crippen molar-refractivity contribution >= 4 is 17.9 Å². The molecule has 1 N–H and O–H groups in total. The Labute approximate surface area is 147 Å². The number of carbonyl (C=O) groups is 1. The molecule has 0 aromatic heterocycles. The summed E-state index contributed by atoms with van der Waals surface area (Å²) >= 11 is 5.85. The van der Waals surface area contributed by atoms with Crippen LogP contribution in [0.3, 0.4) is 0 Å². The van der Waals surface area contributed by atoms with Gasteiger partial charge in [-0.05, 0) is 67.4 Å². The molecular weight excluding hydrogens is 324 g/mol. The lowest BCUT2D eigenvalue weighted by atomic mass is 9.84. The summed E-state index contributed by atoms with van der Waals surface area (Å²) in [5, 5.41) is 10.1. The zero-order valence-corrected chi connectivity index (χ0v) is 14.3. The van der Waals surface area contributed by atoms with Gasteiger partial charge in [0.05, 0.1) is 10.6 Å². The highest BCUT2D eigenvalue weighted by molar-refractivity contribution is 6.32. The van der Waals surface area contributed by atoms with Gasteiger partial charge in [-0.3, -0.25) is 4.79 Å². The molecule has 0 fully saturated rings. The van der Waals surface area contributed by atoms with E-state index in [9.17, 15) is 9.90 Å². The summed E-state index contributed by atoms with van der Waals surface area (Å²) in [5.41, 5.74) is 4.23. The minimum absolute atomic E-state index is 0.111. The SMILES string of the molecule is O=Cc1c(OCC2=C(C3=CC=CCC3)CCCC2)ccc(Cl)c1O. The van der Waals surface area contributed by atoms with E-state index in [0.717, 1.165) is 32.1 Å². The summed E-state index contributed by atoms with van der Waals surface area (Å²) in [6.07, 6.45) is 13.8. The van der Waals surface area contributed by atoms with Crippen LogP contribution >= 0.6 is 11.6 Å². The average molecular weight is 345 g/mol. The second-order valence-corrected chi connectivity index (χ2v) is 6.57. The van der Waals surface area contributed by atoms with Crippen molar-refractivity contribution in [3.8, 4) is 11.5 Å². The molecule has 3 rings (SSSR count). The lowest BCUT2D eigenvalue weighted by Crippen LogP contribution is -2.11. The highest BCUT2D eigenvalue weighted by Crippen LogP contribution is 2.36. The molecule has 0 bridgehead atoms. The quantitative estimate of drug-likeness (QED) is 0.729. The highest BCUT2D eigenvalue weighted by Gasteiger charge is 2.18. The number of hydrogen-bond acceptors (Lipinski definition) is 3. The van der Waals surface area contributed by atoms with E-state index < -0.39 is 0 Å². The van der Waals surface area contributed by atoms with Crippen LogP contribution in [0.2, 0.25) is 5.02 Å². The monoisotopic (exact) mass is 344 g/mol. The van der Waals surface area contributed by atoms with E-state index in [0.29, 0.717) is 18.6 Å². The first kappa shape index (κ1) is 16.8. The third-order valence-corrected chi connectivity index (χ3v) is 4.94. The number of allylic oxidation sites excluding steroid dienone is 5. The predicted octanol–water partition coefficient (Wildman–Crippen LogP) is 5.38. The maximum atomic E-state index is 11.2. The largest absolute Gasteiger partial charge is 0.505 e. The summed E-state index contributed by atoms with van der Waals surface area (Å²) in [6, 6.07) is 3.18. The van der Waals surface area contributed by atoms with Crippen molar-refractivity contribution in [2.45, 2.75) is 38.5 Å². The van der Waals surface area contributed by atoms with Crippen molar-refractivity contribution in [2.75, 3.05) is 6.61 Å². The Hall–Kier alpha value is -2.00. The van der Waals surface area contributed by atoms with Gasteiger partial charge in [0.15, 0.2) is 6.29 Å². The van der Waals surface area contributed by atoms with E-state index in [1.165, 1.54) is 23.1 Å². The van der Waals surface area contributed by atoms with Gasteiger partial charge in [-0.15, -0.1) is 0 Å². The fourth-order valence-electron chi connectivity index (χ4n) is 3.34. The van der Waals surface area contributed by atoms with Crippen molar-refractivity contribution in [3.05, 3.63) is 57.7 Å². The summed E-state index contributed by atoms with van der Waals surface area (Å²) < 4.78 is 5.87. The highest BCUT2D eigenvalue weighted by atomic mass is 35.5. The number of phenolic OH excluding ortho intramolecular Hbond substituents is 1. The van der Waals surface area contributed by atoms with Gasteiger partial charge < -0.3 is 9.84 Å². The third kappa shape index (κ3) is 3.57. The molecule has 0 heterocycles. The Morgan fingerprint density at radius 1 is 1.21 bits per heavy atom. The first-order chi connectivity index (χ1) is 11.7. The van der Waals surface area contributed by atoms with Crippen LogP contribution in [-0.2, 0) is 0 Å². The number of aldehydes is 1. The molecule has 0 spiro atoms. The fourth-order valence-corrected chi connectivity index (χ4v) is 3.50. The number of halogens is 1. The first-order valence-corrected chi connectivity index (χ1v) is 8.75. The van der Waals surface area contributed by atoms with Crippen LogP contribution in [-0.4, -0.2) is 18.0 Å². The van der Waals surface area contributed by atoms with E-state index >= 15 is 0 Å². The van der Waals surface area contributed by atoms with E-state index in [4.69, 9.17) is 16.3 Å². The maximum Gasteiger partial charge on any atom is 0.157 e. The van der Waals surface area contributed by atoms with Gasteiger partial charge in [0.25, 0.3) is 0 Å². The van der Waals surface area contributed by atoms with Crippen molar-refractivity contribution in [3.63, 3.8) is 0 Å². The molecule has 1 aromatic rings. The van der Waals surface area contributed by atoms with Crippen LogP contribution < -0.4 is 4.74 Å². The molecule has 0 aliphatic heterocycles. The number of phenols is 1. The lowest BCUT2D eigenvalue weighted by Gasteiger charge is -2.24. The maximum absolute atomic E-state index is 11.2. The molecular formula is C20H21ClO3. The molecule has 0 amide bonds. The minimum Gasteiger partial charge on any atom is -0.505 e. The molecule has 24 heavy (non-hydrogen) atoms. The second-order valence-electron chi connectivity index (χ2n) is 6.16. The zero-order valence-electron chi connectivity index (χ0n) is 13.6. The van der Waals surface area contributed by atoms with Gasteiger partial charge in [-0.2, -0.15) is 0 Å². The molecule has 0 atom stereocenters. The number of rotatable bonds is 5. The molecule has 1 aromatic carbocycles. The van der Waals surface area contributed by atoms with Crippen LogP contribution in [0.5, 0.6) is 11.5 Å². The molecule has 0 radical (unpaired) electrons. The predicted molar refractivity (Wildman–Crippen MR) is 96.0 cm³/mol. The normalized spacial score (nSPS) is 17.6. The Morgan fingerprint density at radius 2 is 2.04 bits per heavy atom. The standard InChI is InChI=1S/C20H21ClO3/c21-18-10-11-19(17(12-22)20(18)23)24-13-15-8-4-5-9-16(15)14-6-2-1-3-7-14/h1-2,6,10-12,23H,3-5,7-9,13H2. The molecule has 4 heteroatoms. The molecule has 0 saturated heterocycles. The van der Waals surface area contributed by atoms with Gasteiger partial charge in [0.1, 0.15) is 18.1 Å². The Bertz CT molecular complexity index is 729. The lowest BCUT2D eigenvalue weighted by molar-refractivity contribution is 0.111. The van der Waals surface area contributed by atoms with Crippen LogP contribution in [0.1, 0.15) is 48.9 Å². The van der Waals surface area contributed by atoms with Crippen LogP contribution in [0, 0.1) is 0 Å². The first-order valence-electron chi connectivity index (χ1n) is 8.37. The molecule has 0 saturated carbocycles.